The lowest BCUT2D eigenvalue weighted by Gasteiger charge is -2.26. The smallest absolute Gasteiger partial charge is 0.267 e. The summed E-state index contributed by atoms with van der Waals surface area (Å²) in [5.74, 6) is 1.96. The van der Waals surface area contributed by atoms with Crippen LogP contribution >= 0.6 is 11.8 Å². The molecule has 2 aliphatic rings. The molecule has 0 bridgehead atoms. The zero-order valence-corrected chi connectivity index (χ0v) is 16.1. The molecule has 1 aromatic heterocycles. The van der Waals surface area contributed by atoms with Gasteiger partial charge in [-0.15, -0.1) is 0 Å². The Morgan fingerprint density at radius 3 is 2.89 bits per heavy atom. The number of benzene rings is 1. The lowest BCUT2D eigenvalue weighted by Crippen LogP contribution is -2.36. The molecule has 0 saturated carbocycles. The third-order valence-electron chi connectivity index (χ3n) is 5.10. The number of fused-ring (bicyclic) bond motifs is 1. The van der Waals surface area contributed by atoms with Crippen molar-refractivity contribution in [3.05, 3.63) is 45.9 Å². The summed E-state index contributed by atoms with van der Waals surface area (Å²) in [6.45, 7) is 1.19. The Hall–Kier alpha value is -2.48. The highest BCUT2D eigenvalue weighted by molar-refractivity contribution is 7.99. The Morgan fingerprint density at radius 1 is 1.26 bits per heavy atom. The van der Waals surface area contributed by atoms with E-state index in [9.17, 15) is 9.59 Å². The van der Waals surface area contributed by atoms with Gasteiger partial charge < -0.3 is 14.4 Å². The summed E-state index contributed by atoms with van der Waals surface area (Å²) in [6, 6.07) is 5.42. The molecule has 2 aromatic rings. The lowest BCUT2D eigenvalue weighted by atomic mass is 10.0. The number of thioether (sulfide) groups is 1. The SMILES string of the molecule is COc1ccc(OC)c([C@@H]2CCCN2C(=O)c2cnc3n(c2=O)CCS3)c1. The molecule has 0 radical (unpaired) electrons. The Labute approximate surface area is 161 Å². The summed E-state index contributed by atoms with van der Waals surface area (Å²) < 4.78 is 12.4. The minimum absolute atomic E-state index is 0.134. The first kappa shape index (κ1) is 17.9. The van der Waals surface area contributed by atoms with E-state index in [4.69, 9.17) is 9.47 Å². The van der Waals surface area contributed by atoms with Crippen LogP contribution in [0, 0.1) is 0 Å². The van der Waals surface area contributed by atoms with Crippen molar-refractivity contribution in [3.63, 3.8) is 0 Å². The van der Waals surface area contributed by atoms with Gasteiger partial charge in [-0.1, -0.05) is 11.8 Å². The van der Waals surface area contributed by atoms with Gasteiger partial charge in [-0.3, -0.25) is 14.2 Å². The van der Waals surface area contributed by atoms with Crippen LogP contribution in [0.15, 0.2) is 34.3 Å². The highest BCUT2D eigenvalue weighted by atomic mass is 32.2. The summed E-state index contributed by atoms with van der Waals surface area (Å²) in [6.07, 6.45) is 3.10. The number of aromatic nitrogens is 2. The van der Waals surface area contributed by atoms with Crippen LogP contribution in [0.2, 0.25) is 0 Å². The molecule has 1 aromatic carbocycles. The number of carbonyl (C=O) groups is 1. The Morgan fingerprint density at radius 2 is 2.11 bits per heavy atom. The average molecular weight is 387 g/mol. The molecular formula is C19H21N3O4S. The van der Waals surface area contributed by atoms with Gasteiger partial charge in [0.1, 0.15) is 17.1 Å². The van der Waals surface area contributed by atoms with Gasteiger partial charge in [-0.25, -0.2) is 4.98 Å². The van der Waals surface area contributed by atoms with E-state index in [0.29, 0.717) is 29.7 Å². The maximum absolute atomic E-state index is 13.2. The molecule has 0 spiro atoms. The molecule has 3 heterocycles. The number of carbonyl (C=O) groups excluding carboxylic acids is 1. The second kappa shape index (κ2) is 7.26. The van der Waals surface area contributed by atoms with Gasteiger partial charge in [0.25, 0.3) is 11.5 Å². The van der Waals surface area contributed by atoms with Crippen molar-refractivity contribution in [2.24, 2.45) is 0 Å². The zero-order chi connectivity index (χ0) is 19.0. The number of likely N-dealkylation sites (tertiary alicyclic amines) is 1. The summed E-state index contributed by atoms with van der Waals surface area (Å²) in [5.41, 5.74) is 0.778. The van der Waals surface area contributed by atoms with Gasteiger partial charge in [0.15, 0.2) is 5.16 Å². The summed E-state index contributed by atoms with van der Waals surface area (Å²) in [5, 5.41) is 0.684. The van der Waals surface area contributed by atoms with Crippen LogP contribution < -0.4 is 15.0 Å². The number of ether oxygens (including phenoxy) is 2. The van der Waals surface area contributed by atoms with Crippen LogP contribution in [0.5, 0.6) is 11.5 Å². The Balaban J connectivity index is 1.70. The predicted octanol–water partition coefficient (Wildman–Crippen LogP) is 2.34. The van der Waals surface area contributed by atoms with Crippen LogP contribution in [0.3, 0.4) is 0 Å². The molecule has 0 unspecified atom stereocenters. The lowest BCUT2D eigenvalue weighted by molar-refractivity contribution is 0.0730. The van der Waals surface area contributed by atoms with Gasteiger partial charge in [0, 0.05) is 30.6 Å². The van der Waals surface area contributed by atoms with E-state index in [-0.39, 0.29) is 23.1 Å². The van der Waals surface area contributed by atoms with Crippen LogP contribution in [-0.4, -0.2) is 46.9 Å². The van der Waals surface area contributed by atoms with Crippen molar-refractivity contribution >= 4 is 17.7 Å². The maximum atomic E-state index is 13.2. The molecule has 1 atom stereocenters. The molecule has 7 nitrogen and oxygen atoms in total. The molecule has 4 rings (SSSR count). The van der Waals surface area contributed by atoms with Crippen molar-refractivity contribution in [2.75, 3.05) is 26.5 Å². The Kier molecular flexibility index (Phi) is 4.82. The van der Waals surface area contributed by atoms with E-state index in [1.165, 1.54) is 18.0 Å². The first-order chi connectivity index (χ1) is 13.1. The fraction of sp³-hybridized carbons (Fsp3) is 0.421. The van der Waals surface area contributed by atoms with Crippen LogP contribution in [0.1, 0.15) is 34.8 Å². The molecule has 1 saturated heterocycles. The number of methoxy groups -OCH3 is 2. The van der Waals surface area contributed by atoms with Crippen LogP contribution in [-0.2, 0) is 6.54 Å². The fourth-order valence-electron chi connectivity index (χ4n) is 3.75. The predicted molar refractivity (Wildman–Crippen MR) is 102 cm³/mol. The number of hydrogen-bond donors (Lipinski definition) is 0. The topological polar surface area (TPSA) is 73.7 Å². The van der Waals surface area contributed by atoms with E-state index in [2.05, 4.69) is 4.98 Å². The Bertz CT molecular complexity index is 943. The third kappa shape index (κ3) is 3.07. The summed E-state index contributed by atoms with van der Waals surface area (Å²) >= 11 is 1.54. The van der Waals surface area contributed by atoms with Crippen LogP contribution in [0.4, 0.5) is 0 Å². The van der Waals surface area contributed by atoms with Crippen LogP contribution in [0.25, 0.3) is 0 Å². The van der Waals surface area contributed by atoms with E-state index < -0.39 is 0 Å². The fourth-order valence-corrected chi connectivity index (χ4v) is 4.67. The highest BCUT2D eigenvalue weighted by Crippen LogP contribution is 2.39. The number of amides is 1. The maximum Gasteiger partial charge on any atom is 0.267 e. The van der Waals surface area contributed by atoms with E-state index in [0.717, 1.165) is 24.2 Å². The molecule has 0 aliphatic carbocycles. The summed E-state index contributed by atoms with van der Waals surface area (Å²) in [4.78, 5) is 32.0. The number of nitrogens with zero attached hydrogens (tertiary/aromatic N) is 3. The van der Waals surface area contributed by atoms with Crippen molar-refractivity contribution in [2.45, 2.75) is 30.6 Å². The van der Waals surface area contributed by atoms with Gasteiger partial charge >= 0.3 is 0 Å². The molecular weight excluding hydrogens is 366 g/mol. The first-order valence-electron chi connectivity index (χ1n) is 8.89. The van der Waals surface area contributed by atoms with Crippen molar-refractivity contribution < 1.29 is 14.3 Å². The normalized spacial score (nSPS) is 18.4. The quantitative estimate of drug-likeness (QED) is 0.750. The molecule has 2 aliphatic heterocycles. The van der Waals surface area contributed by atoms with E-state index >= 15 is 0 Å². The first-order valence-corrected chi connectivity index (χ1v) is 9.88. The van der Waals surface area contributed by atoms with E-state index in [1.54, 1.807) is 23.7 Å². The minimum Gasteiger partial charge on any atom is -0.497 e. The van der Waals surface area contributed by atoms with Gasteiger partial charge in [-0.05, 0) is 31.0 Å². The van der Waals surface area contributed by atoms with E-state index in [1.807, 2.05) is 18.2 Å². The van der Waals surface area contributed by atoms with Gasteiger partial charge in [0.05, 0.1) is 20.3 Å². The molecule has 0 N–H and O–H groups in total. The second-order valence-corrected chi connectivity index (χ2v) is 7.59. The van der Waals surface area contributed by atoms with Gasteiger partial charge in [0.2, 0.25) is 0 Å². The molecule has 1 amide bonds. The van der Waals surface area contributed by atoms with Gasteiger partial charge in [-0.2, -0.15) is 0 Å². The largest absolute Gasteiger partial charge is 0.497 e. The van der Waals surface area contributed by atoms with Crippen molar-refractivity contribution in [1.82, 2.24) is 14.5 Å². The number of rotatable bonds is 4. The number of hydrogen-bond acceptors (Lipinski definition) is 6. The molecule has 8 heteroatoms. The second-order valence-electron chi connectivity index (χ2n) is 6.52. The van der Waals surface area contributed by atoms with Crippen molar-refractivity contribution in [1.29, 1.82) is 0 Å². The monoisotopic (exact) mass is 387 g/mol. The molecule has 27 heavy (non-hydrogen) atoms. The average Bonchev–Trinajstić information content (AvgIpc) is 3.37. The molecule has 1 fully saturated rings. The highest BCUT2D eigenvalue weighted by Gasteiger charge is 2.34. The zero-order valence-electron chi connectivity index (χ0n) is 15.3. The molecule has 142 valence electrons. The minimum atomic E-state index is -0.271. The van der Waals surface area contributed by atoms with Crippen molar-refractivity contribution in [3.8, 4) is 11.5 Å². The summed E-state index contributed by atoms with van der Waals surface area (Å²) in [7, 11) is 3.22. The standard InChI is InChI=1S/C19H21N3O4S/c1-25-12-5-6-16(26-2)13(10-12)15-4-3-7-21(15)17(23)14-11-20-19-22(18(14)24)8-9-27-19/h5-6,10-11,15H,3-4,7-9H2,1-2H3/t15-/m0/s1. The third-order valence-corrected chi connectivity index (χ3v) is 6.07.